The predicted octanol–water partition coefficient (Wildman–Crippen LogP) is 1.68. The van der Waals surface area contributed by atoms with Crippen molar-refractivity contribution in [2.24, 2.45) is 0 Å². The first-order valence-electron chi connectivity index (χ1n) is 5.73. The summed E-state index contributed by atoms with van der Waals surface area (Å²) in [7, 11) is -3.42. The van der Waals surface area contributed by atoms with Crippen LogP contribution in [0.1, 0.15) is 33.6 Å². The number of halogens is 1. The van der Waals surface area contributed by atoms with Crippen LogP contribution >= 0.6 is 11.6 Å². The Kier molecular flexibility index (Phi) is 6.48. The summed E-state index contributed by atoms with van der Waals surface area (Å²) >= 11 is 5.64. The van der Waals surface area contributed by atoms with Crippen molar-refractivity contribution in [1.82, 2.24) is 4.90 Å². The molecule has 1 amide bonds. The first-order valence-corrected chi connectivity index (χ1v) is 8.16. The number of sulfone groups is 1. The lowest BCUT2D eigenvalue weighted by Crippen LogP contribution is -2.50. The maximum atomic E-state index is 12.2. The van der Waals surface area contributed by atoms with Gasteiger partial charge in [0.1, 0.15) is 4.75 Å². The van der Waals surface area contributed by atoms with Gasteiger partial charge in [0.15, 0.2) is 9.84 Å². The third-order valence-corrected chi connectivity index (χ3v) is 5.06. The topological polar surface area (TPSA) is 54.5 Å². The van der Waals surface area contributed by atoms with Crippen molar-refractivity contribution in [3.05, 3.63) is 0 Å². The summed E-state index contributed by atoms with van der Waals surface area (Å²) < 4.78 is 21.8. The highest BCUT2D eigenvalue weighted by molar-refractivity contribution is 7.92. The molecule has 0 N–H and O–H groups in total. The lowest BCUT2D eigenvalue weighted by Gasteiger charge is -2.30. The van der Waals surface area contributed by atoms with Crippen molar-refractivity contribution in [3.8, 4) is 0 Å². The normalized spacial score (nSPS) is 12.5. The number of amides is 1. The van der Waals surface area contributed by atoms with Gasteiger partial charge in [-0.2, -0.15) is 0 Å². The first-order chi connectivity index (χ1) is 7.68. The molecule has 0 atom stereocenters. The van der Waals surface area contributed by atoms with Crippen LogP contribution in [-0.2, 0) is 14.6 Å². The second-order valence-corrected chi connectivity index (χ2v) is 7.56. The van der Waals surface area contributed by atoms with Crippen molar-refractivity contribution in [3.63, 3.8) is 0 Å². The Morgan fingerprint density at radius 2 is 1.82 bits per heavy atom. The highest BCUT2D eigenvalue weighted by Gasteiger charge is 2.40. The smallest absolute Gasteiger partial charge is 0.243 e. The van der Waals surface area contributed by atoms with Crippen LogP contribution in [0.3, 0.4) is 0 Å². The van der Waals surface area contributed by atoms with Crippen LogP contribution in [-0.4, -0.2) is 49.2 Å². The lowest BCUT2D eigenvalue weighted by atomic mass is 10.1. The van der Waals surface area contributed by atoms with Gasteiger partial charge < -0.3 is 4.90 Å². The second-order valence-electron chi connectivity index (χ2n) is 4.62. The van der Waals surface area contributed by atoms with Crippen molar-refractivity contribution < 1.29 is 13.2 Å². The van der Waals surface area contributed by atoms with E-state index < -0.39 is 14.6 Å². The van der Waals surface area contributed by atoms with Gasteiger partial charge in [0.05, 0.1) is 0 Å². The average Bonchev–Trinajstić information content (AvgIpc) is 2.21. The minimum Gasteiger partial charge on any atom is -0.340 e. The summed E-state index contributed by atoms with van der Waals surface area (Å²) in [6, 6.07) is 0. The Morgan fingerprint density at radius 3 is 2.18 bits per heavy atom. The molecule has 0 rings (SSSR count). The van der Waals surface area contributed by atoms with Gasteiger partial charge in [-0.05, 0) is 20.3 Å². The summed E-state index contributed by atoms with van der Waals surface area (Å²) in [6.45, 7) is 5.85. The molecule has 0 unspecified atom stereocenters. The number of hydrogen-bond acceptors (Lipinski definition) is 3. The fourth-order valence-corrected chi connectivity index (χ4v) is 1.96. The van der Waals surface area contributed by atoms with Crippen LogP contribution in [0.25, 0.3) is 0 Å². The van der Waals surface area contributed by atoms with Gasteiger partial charge in [0.2, 0.25) is 5.91 Å². The molecule has 0 bridgehead atoms. The van der Waals surface area contributed by atoms with Crippen molar-refractivity contribution >= 4 is 27.3 Å². The monoisotopic (exact) mass is 283 g/mol. The first kappa shape index (κ1) is 16.7. The number of hydrogen-bond donors (Lipinski definition) is 0. The van der Waals surface area contributed by atoms with E-state index in [4.69, 9.17) is 11.6 Å². The van der Waals surface area contributed by atoms with E-state index in [1.807, 2.05) is 6.92 Å². The molecular formula is C11H22ClNO3S. The van der Waals surface area contributed by atoms with Crippen LogP contribution < -0.4 is 0 Å². The van der Waals surface area contributed by atoms with E-state index in [0.717, 1.165) is 19.1 Å². The third kappa shape index (κ3) is 4.47. The zero-order valence-corrected chi connectivity index (χ0v) is 12.6. The SMILES string of the molecule is CCCCN(CCCl)C(=O)C(C)(C)S(C)(=O)=O. The maximum Gasteiger partial charge on any atom is 0.243 e. The van der Waals surface area contributed by atoms with Crippen LogP contribution in [0.4, 0.5) is 0 Å². The van der Waals surface area contributed by atoms with Crippen molar-refractivity contribution in [1.29, 1.82) is 0 Å². The number of carbonyl (C=O) groups excluding carboxylic acids is 1. The van der Waals surface area contributed by atoms with Crippen LogP contribution in [0.5, 0.6) is 0 Å². The Morgan fingerprint density at radius 1 is 1.29 bits per heavy atom. The van der Waals surface area contributed by atoms with Gasteiger partial charge in [-0.1, -0.05) is 13.3 Å². The van der Waals surface area contributed by atoms with Crippen LogP contribution in [0.15, 0.2) is 0 Å². The second kappa shape index (κ2) is 6.59. The van der Waals surface area contributed by atoms with Gasteiger partial charge in [0.25, 0.3) is 0 Å². The zero-order chi connectivity index (χ0) is 13.7. The third-order valence-electron chi connectivity index (χ3n) is 2.87. The molecule has 0 heterocycles. The van der Waals surface area contributed by atoms with Gasteiger partial charge in [-0.15, -0.1) is 11.6 Å². The van der Waals surface area contributed by atoms with Gasteiger partial charge in [-0.3, -0.25) is 4.79 Å². The zero-order valence-electron chi connectivity index (χ0n) is 11.0. The average molecular weight is 284 g/mol. The predicted molar refractivity (Wildman–Crippen MR) is 71.1 cm³/mol. The van der Waals surface area contributed by atoms with E-state index in [1.54, 1.807) is 0 Å². The summed E-state index contributed by atoms with van der Waals surface area (Å²) in [5, 5.41) is 0. The number of unbranched alkanes of at least 4 members (excludes halogenated alkanes) is 1. The lowest BCUT2D eigenvalue weighted by molar-refractivity contribution is -0.133. The minimum absolute atomic E-state index is 0.315. The summed E-state index contributed by atoms with van der Waals surface area (Å²) in [6.07, 6.45) is 2.89. The van der Waals surface area contributed by atoms with E-state index in [1.165, 1.54) is 18.7 Å². The molecule has 0 aromatic heterocycles. The minimum atomic E-state index is -3.42. The Bertz CT molecular complexity index is 352. The van der Waals surface area contributed by atoms with Crippen LogP contribution in [0, 0.1) is 0 Å². The molecule has 0 saturated heterocycles. The number of rotatable bonds is 7. The van der Waals surface area contributed by atoms with E-state index in [-0.39, 0.29) is 5.91 Å². The fraction of sp³-hybridized carbons (Fsp3) is 0.909. The molecule has 0 fully saturated rings. The molecule has 102 valence electrons. The van der Waals surface area contributed by atoms with E-state index in [2.05, 4.69) is 0 Å². The highest BCUT2D eigenvalue weighted by atomic mass is 35.5. The quantitative estimate of drug-likeness (QED) is 0.668. The molecule has 17 heavy (non-hydrogen) atoms. The number of carbonyl (C=O) groups is 1. The summed E-state index contributed by atoms with van der Waals surface area (Å²) in [4.78, 5) is 13.7. The molecule has 0 aromatic carbocycles. The summed E-state index contributed by atoms with van der Waals surface area (Å²) in [5.74, 6) is -0.0518. The molecule has 6 heteroatoms. The largest absolute Gasteiger partial charge is 0.340 e. The molecule has 0 aliphatic rings. The molecule has 0 saturated carbocycles. The van der Waals surface area contributed by atoms with E-state index >= 15 is 0 Å². The standard InChI is InChI=1S/C11H22ClNO3S/c1-5-6-8-13(9-7-12)10(14)11(2,3)17(4,15)16/h5-9H2,1-4H3. The van der Waals surface area contributed by atoms with Crippen molar-refractivity contribution in [2.75, 3.05) is 25.2 Å². The summed E-state index contributed by atoms with van der Waals surface area (Å²) in [5.41, 5.74) is 0. The Hall–Kier alpha value is -0.290. The Labute approximate surface area is 109 Å². The number of alkyl halides is 1. The fourth-order valence-electron chi connectivity index (χ4n) is 1.31. The van der Waals surface area contributed by atoms with Gasteiger partial charge in [0, 0.05) is 25.2 Å². The molecular weight excluding hydrogens is 262 g/mol. The molecule has 0 radical (unpaired) electrons. The van der Waals surface area contributed by atoms with Gasteiger partial charge in [-0.25, -0.2) is 8.42 Å². The van der Waals surface area contributed by atoms with E-state index in [0.29, 0.717) is 19.0 Å². The maximum absolute atomic E-state index is 12.2. The molecule has 0 aromatic rings. The molecule has 0 spiro atoms. The van der Waals surface area contributed by atoms with Gasteiger partial charge >= 0.3 is 0 Å². The highest BCUT2D eigenvalue weighted by Crippen LogP contribution is 2.19. The van der Waals surface area contributed by atoms with Crippen molar-refractivity contribution in [2.45, 2.75) is 38.4 Å². The molecule has 4 nitrogen and oxygen atoms in total. The molecule has 0 aliphatic heterocycles. The molecule has 0 aliphatic carbocycles. The van der Waals surface area contributed by atoms with E-state index in [9.17, 15) is 13.2 Å². The van der Waals surface area contributed by atoms with Crippen LogP contribution in [0.2, 0.25) is 0 Å². The Balaban J connectivity index is 4.94. The number of nitrogens with zero attached hydrogens (tertiary/aromatic N) is 1.